The van der Waals surface area contributed by atoms with Gasteiger partial charge in [-0.05, 0) is 37.9 Å². The molecule has 2 aromatic carbocycles. The first-order valence-corrected chi connectivity index (χ1v) is 12.6. The first-order chi connectivity index (χ1) is 13.5. The van der Waals surface area contributed by atoms with Gasteiger partial charge in [-0.1, -0.05) is 75.4 Å². The lowest BCUT2D eigenvalue weighted by molar-refractivity contribution is -0.108. The molecule has 153 valence electrons. The van der Waals surface area contributed by atoms with Gasteiger partial charge in [-0.15, -0.1) is 0 Å². The SMILES string of the molecule is C[Si](C)ON1C(=CC(=O)c2ccccc2)c2ccccc2C(C(C)(C)C)C1(C)C. The summed E-state index contributed by atoms with van der Waals surface area (Å²) in [7, 11) is -1.03. The van der Waals surface area contributed by atoms with E-state index in [2.05, 4.69) is 65.9 Å². The van der Waals surface area contributed by atoms with E-state index in [0.29, 0.717) is 5.56 Å². The molecule has 0 fully saturated rings. The zero-order chi connectivity index (χ0) is 21.4. The van der Waals surface area contributed by atoms with Crippen molar-refractivity contribution >= 4 is 20.5 Å². The molecular weight excluding hydrogens is 374 g/mol. The summed E-state index contributed by atoms with van der Waals surface area (Å²) in [6, 6.07) is 17.9. The van der Waals surface area contributed by atoms with Crippen molar-refractivity contribution in [1.29, 1.82) is 0 Å². The molecule has 4 heteroatoms. The second-order valence-corrected chi connectivity index (χ2v) is 11.6. The van der Waals surface area contributed by atoms with Crippen molar-refractivity contribution in [3.8, 4) is 0 Å². The average molecular weight is 407 g/mol. The molecule has 1 unspecified atom stereocenters. The summed E-state index contributed by atoms with van der Waals surface area (Å²) in [6.45, 7) is 15.6. The molecule has 0 aromatic heterocycles. The molecule has 0 saturated carbocycles. The van der Waals surface area contributed by atoms with Gasteiger partial charge >= 0.3 is 0 Å². The molecule has 1 radical (unpaired) electrons. The van der Waals surface area contributed by atoms with Crippen LogP contribution in [-0.4, -0.2) is 25.4 Å². The summed E-state index contributed by atoms with van der Waals surface area (Å²) >= 11 is 0. The molecule has 2 aromatic rings. The Morgan fingerprint density at radius 2 is 1.62 bits per heavy atom. The summed E-state index contributed by atoms with van der Waals surface area (Å²) in [5, 5.41) is 2.03. The van der Waals surface area contributed by atoms with Gasteiger partial charge in [0.05, 0.1) is 11.2 Å². The predicted molar refractivity (Wildman–Crippen MR) is 122 cm³/mol. The Hall–Kier alpha value is -2.17. The van der Waals surface area contributed by atoms with Gasteiger partial charge in [0, 0.05) is 23.1 Å². The van der Waals surface area contributed by atoms with Crippen LogP contribution < -0.4 is 0 Å². The summed E-state index contributed by atoms with van der Waals surface area (Å²) in [6.07, 6.45) is 1.75. The van der Waals surface area contributed by atoms with Gasteiger partial charge in [0.2, 0.25) is 9.04 Å². The number of hydrogen-bond acceptors (Lipinski definition) is 3. The van der Waals surface area contributed by atoms with E-state index in [4.69, 9.17) is 4.53 Å². The van der Waals surface area contributed by atoms with Crippen LogP contribution in [0.15, 0.2) is 60.7 Å². The third-order valence-corrected chi connectivity index (χ3v) is 6.01. The van der Waals surface area contributed by atoms with E-state index >= 15 is 0 Å². The van der Waals surface area contributed by atoms with Gasteiger partial charge in [-0.25, -0.2) is 0 Å². The Balaban J connectivity index is 2.23. The molecule has 0 spiro atoms. The Morgan fingerprint density at radius 1 is 1.03 bits per heavy atom. The number of ketones is 1. The van der Waals surface area contributed by atoms with Gasteiger partial charge in [0.1, 0.15) is 0 Å². The van der Waals surface area contributed by atoms with Crippen molar-refractivity contribution in [3.63, 3.8) is 0 Å². The maximum absolute atomic E-state index is 13.1. The smallest absolute Gasteiger partial charge is 0.244 e. The number of hydroxylamine groups is 2. The predicted octanol–water partition coefficient (Wildman–Crippen LogP) is 6.32. The fourth-order valence-corrected chi connectivity index (χ4v) is 5.42. The van der Waals surface area contributed by atoms with Crippen molar-refractivity contribution in [2.45, 2.75) is 59.2 Å². The number of carbonyl (C=O) groups is 1. The summed E-state index contributed by atoms with van der Waals surface area (Å²) < 4.78 is 6.45. The van der Waals surface area contributed by atoms with Crippen LogP contribution in [-0.2, 0) is 4.53 Å². The lowest BCUT2D eigenvalue weighted by Crippen LogP contribution is -2.55. The standard InChI is InChI=1S/C25H32NO2Si/c1-24(2,3)23-20-16-12-11-15-19(20)21(26(25(23,4)5)28-29(6)7)17-22(27)18-13-9-8-10-14-18/h8-17,23H,1-7H3. The Bertz CT molecular complexity index is 910. The molecule has 1 aliphatic rings. The van der Waals surface area contributed by atoms with Crippen LogP contribution in [0.5, 0.6) is 0 Å². The van der Waals surface area contributed by atoms with Crippen LogP contribution in [0.1, 0.15) is 62.0 Å². The van der Waals surface area contributed by atoms with Gasteiger partial charge in [-0.3, -0.25) is 9.86 Å². The van der Waals surface area contributed by atoms with Crippen LogP contribution in [0.4, 0.5) is 0 Å². The average Bonchev–Trinajstić information content (AvgIpc) is 2.63. The summed E-state index contributed by atoms with van der Waals surface area (Å²) in [5.41, 5.74) is 3.62. The number of benzene rings is 2. The van der Waals surface area contributed by atoms with E-state index in [9.17, 15) is 4.79 Å². The molecular formula is C25H32NO2Si. The minimum absolute atomic E-state index is 0.00464. The maximum Gasteiger partial charge on any atom is 0.244 e. The minimum atomic E-state index is -1.03. The Labute approximate surface area is 177 Å². The van der Waals surface area contributed by atoms with Crippen molar-refractivity contribution in [2.24, 2.45) is 5.41 Å². The minimum Gasteiger partial charge on any atom is -0.320 e. The molecule has 0 saturated heterocycles. The number of allylic oxidation sites excluding steroid dienone is 1. The highest BCUT2D eigenvalue weighted by Crippen LogP contribution is 2.53. The molecule has 3 rings (SSSR count). The molecule has 0 bridgehead atoms. The normalized spacial score (nSPS) is 20.1. The van der Waals surface area contributed by atoms with E-state index < -0.39 is 9.04 Å². The number of hydrogen-bond donors (Lipinski definition) is 0. The summed E-state index contributed by atoms with van der Waals surface area (Å²) in [5.74, 6) is 0.242. The first kappa shape index (κ1) is 21.5. The van der Waals surface area contributed by atoms with Crippen LogP contribution in [0, 0.1) is 5.41 Å². The zero-order valence-electron chi connectivity index (χ0n) is 18.6. The number of carbonyl (C=O) groups excluding carboxylic acids is 1. The van der Waals surface area contributed by atoms with Crippen LogP contribution in [0.25, 0.3) is 5.70 Å². The van der Waals surface area contributed by atoms with Crippen molar-refractivity contribution in [2.75, 3.05) is 0 Å². The Morgan fingerprint density at radius 3 is 2.21 bits per heavy atom. The van der Waals surface area contributed by atoms with E-state index in [1.807, 2.05) is 41.5 Å². The van der Waals surface area contributed by atoms with E-state index in [1.54, 1.807) is 6.08 Å². The third-order valence-electron chi connectivity index (χ3n) is 5.46. The molecule has 1 atom stereocenters. The highest BCUT2D eigenvalue weighted by Gasteiger charge is 2.49. The lowest BCUT2D eigenvalue weighted by Gasteiger charge is -2.54. The highest BCUT2D eigenvalue weighted by molar-refractivity contribution is 6.48. The fraction of sp³-hybridized carbons (Fsp3) is 0.400. The summed E-state index contributed by atoms with van der Waals surface area (Å²) in [4.78, 5) is 13.1. The lowest BCUT2D eigenvalue weighted by atomic mass is 9.63. The van der Waals surface area contributed by atoms with Crippen molar-refractivity contribution in [3.05, 3.63) is 77.4 Å². The van der Waals surface area contributed by atoms with Gasteiger partial charge < -0.3 is 4.53 Å². The van der Waals surface area contributed by atoms with E-state index in [0.717, 1.165) is 11.3 Å². The van der Waals surface area contributed by atoms with E-state index in [-0.39, 0.29) is 22.7 Å². The quantitative estimate of drug-likeness (QED) is 0.338. The van der Waals surface area contributed by atoms with Crippen LogP contribution in [0.2, 0.25) is 13.1 Å². The molecule has 29 heavy (non-hydrogen) atoms. The molecule has 1 aliphatic heterocycles. The molecule has 1 heterocycles. The maximum atomic E-state index is 13.1. The monoisotopic (exact) mass is 406 g/mol. The molecule has 0 N–H and O–H groups in total. The van der Waals surface area contributed by atoms with Crippen LogP contribution in [0.3, 0.4) is 0 Å². The van der Waals surface area contributed by atoms with Gasteiger partial charge in [0.25, 0.3) is 0 Å². The molecule has 0 aliphatic carbocycles. The Kier molecular flexibility index (Phi) is 5.88. The number of rotatable bonds is 4. The largest absolute Gasteiger partial charge is 0.320 e. The van der Waals surface area contributed by atoms with Crippen LogP contribution >= 0.6 is 0 Å². The first-order valence-electron chi connectivity index (χ1n) is 10.2. The fourth-order valence-electron chi connectivity index (χ4n) is 4.72. The highest BCUT2D eigenvalue weighted by atomic mass is 28.3. The second kappa shape index (κ2) is 7.92. The second-order valence-electron chi connectivity index (χ2n) is 9.59. The van der Waals surface area contributed by atoms with Crippen molar-refractivity contribution < 1.29 is 9.32 Å². The van der Waals surface area contributed by atoms with Gasteiger partial charge in [0.15, 0.2) is 5.78 Å². The topological polar surface area (TPSA) is 29.5 Å². The molecule has 0 amide bonds. The number of nitrogens with zero attached hydrogens (tertiary/aromatic N) is 1. The van der Waals surface area contributed by atoms with Crippen molar-refractivity contribution in [1.82, 2.24) is 5.06 Å². The van der Waals surface area contributed by atoms with E-state index in [1.165, 1.54) is 5.56 Å². The van der Waals surface area contributed by atoms with Gasteiger partial charge in [-0.2, -0.15) is 0 Å². The zero-order valence-corrected chi connectivity index (χ0v) is 19.6. The number of fused-ring (bicyclic) bond motifs is 1. The third kappa shape index (κ3) is 4.24. The molecule has 3 nitrogen and oxygen atoms in total.